The van der Waals surface area contributed by atoms with Crippen molar-refractivity contribution >= 4 is 34.9 Å². The van der Waals surface area contributed by atoms with Crippen molar-refractivity contribution in [2.24, 2.45) is 4.99 Å². The first-order valence-corrected chi connectivity index (χ1v) is 7.90. The van der Waals surface area contributed by atoms with Crippen LogP contribution in [0.2, 0.25) is 5.02 Å². The summed E-state index contributed by atoms with van der Waals surface area (Å²) in [5.74, 6) is -1.81. The van der Waals surface area contributed by atoms with Crippen LogP contribution in [0.5, 0.6) is 0 Å². The summed E-state index contributed by atoms with van der Waals surface area (Å²) in [4.78, 5) is 30.0. The van der Waals surface area contributed by atoms with Crippen LogP contribution in [0, 0.1) is 5.82 Å². The molecule has 1 aliphatic heterocycles. The van der Waals surface area contributed by atoms with Gasteiger partial charge in [0.25, 0.3) is 0 Å². The van der Waals surface area contributed by atoms with Gasteiger partial charge in [-0.1, -0.05) is 23.7 Å². The van der Waals surface area contributed by atoms with Gasteiger partial charge in [-0.15, -0.1) is 0 Å². The molecule has 1 atom stereocenters. The van der Waals surface area contributed by atoms with Crippen LogP contribution in [0.15, 0.2) is 47.5 Å². The van der Waals surface area contributed by atoms with Crippen molar-refractivity contribution in [3.8, 4) is 0 Å². The smallest absolute Gasteiger partial charge is 0.328 e. The predicted octanol–water partition coefficient (Wildman–Crippen LogP) is 3.40. The Balaban J connectivity index is 2.14. The van der Waals surface area contributed by atoms with Crippen LogP contribution < -0.4 is 4.90 Å². The van der Waals surface area contributed by atoms with E-state index < -0.39 is 23.6 Å². The number of rotatable bonds is 4. The maximum Gasteiger partial charge on any atom is 0.328 e. The fourth-order valence-corrected chi connectivity index (χ4v) is 3.00. The Morgan fingerprint density at radius 2 is 1.96 bits per heavy atom. The normalized spacial score (nSPS) is 16.7. The van der Waals surface area contributed by atoms with Gasteiger partial charge in [-0.25, -0.2) is 9.18 Å². The maximum absolute atomic E-state index is 14.0. The third kappa shape index (κ3) is 3.13. The van der Waals surface area contributed by atoms with E-state index in [-0.39, 0.29) is 17.7 Å². The number of carbonyl (C=O) groups is 2. The Hall–Kier alpha value is -2.73. The molecule has 1 N–H and O–H groups in total. The number of aliphatic carboxylic acids is 1. The molecule has 0 amide bonds. The Labute approximate surface area is 148 Å². The van der Waals surface area contributed by atoms with E-state index in [0.29, 0.717) is 16.5 Å². The average molecular weight is 361 g/mol. The molecule has 0 saturated heterocycles. The lowest BCUT2D eigenvalue weighted by molar-refractivity contribution is -0.137. The highest BCUT2D eigenvalue weighted by Crippen LogP contribution is 2.31. The van der Waals surface area contributed by atoms with Gasteiger partial charge in [0.2, 0.25) is 0 Å². The highest BCUT2D eigenvalue weighted by Gasteiger charge is 2.34. The van der Waals surface area contributed by atoms with Crippen molar-refractivity contribution in [3.05, 3.63) is 64.4 Å². The minimum absolute atomic E-state index is 0.0805. The predicted molar refractivity (Wildman–Crippen MR) is 93.2 cm³/mol. The Bertz CT molecular complexity index is 898. The number of aliphatic imine (C=N–C) groups is 1. The van der Waals surface area contributed by atoms with E-state index in [1.54, 1.807) is 25.1 Å². The van der Waals surface area contributed by atoms with Crippen LogP contribution in [0.4, 0.5) is 10.1 Å². The van der Waals surface area contributed by atoms with Crippen LogP contribution in [-0.2, 0) is 4.79 Å². The molecule has 0 aliphatic carbocycles. The number of carboxylic acid groups (broad SMARTS) is 1. The van der Waals surface area contributed by atoms with Crippen LogP contribution in [0.3, 0.4) is 0 Å². The molecule has 3 rings (SSSR count). The van der Waals surface area contributed by atoms with Crippen LogP contribution in [-0.4, -0.2) is 35.3 Å². The van der Waals surface area contributed by atoms with E-state index in [9.17, 15) is 19.1 Å². The molecule has 25 heavy (non-hydrogen) atoms. The second-order valence-corrected chi connectivity index (χ2v) is 6.02. The Morgan fingerprint density at radius 1 is 1.24 bits per heavy atom. The SMILES string of the molecule is CC1=NCC(C(=O)O)N1c1ccc(Cl)cc1C(=O)c1ccccc1F. The molecule has 0 aromatic heterocycles. The number of hydrogen-bond donors (Lipinski definition) is 1. The Morgan fingerprint density at radius 3 is 2.64 bits per heavy atom. The van der Waals surface area contributed by atoms with Gasteiger partial charge < -0.3 is 10.0 Å². The lowest BCUT2D eigenvalue weighted by Gasteiger charge is -2.26. The van der Waals surface area contributed by atoms with Crippen LogP contribution in [0.25, 0.3) is 0 Å². The van der Waals surface area contributed by atoms with Gasteiger partial charge in [0, 0.05) is 10.6 Å². The van der Waals surface area contributed by atoms with Crippen molar-refractivity contribution in [1.29, 1.82) is 0 Å². The van der Waals surface area contributed by atoms with Gasteiger partial charge in [-0.3, -0.25) is 9.79 Å². The molecule has 7 heteroatoms. The lowest BCUT2D eigenvalue weighted by Crippen LogP contribution is -2.42. The van der Waals surface area contributed by atoms with E-state index in [4.69, 9.17) is 11.6 Å². The molecule has 1 aliphatic rings. The molecule has 2 aromatic rings. The average Bonchev–Trinajstić information content (AvgIpc) is 2.96. The summed E-state index contributed by atoms with van der Waals surface area (Å²) >= 11 is 6.02. The summed E-state index contributed by atoms with van der Waals surface area (Å²) in [7, 11) is 0. The van der Waals surface area contributed by atoms with E-state index in [1.165, 1.54) is 29.2 Å². The zero-order valence-electron chi connectivity index (χ0n) is 13.2. The molecule has 0 saturated carbocycles. The number of hydrogen-bond acceptors (Lipinski definition) is 4. The number of amidine groups is 1. The van der Waals surface area contributed by atoms with Gasteiger partial charge in [-0.05, 0) is 37.3 Å². The summed E-state index contributed by atoms with van der Waals surface area (Å²) < 4.78 is 14.0. The monoisotopic (exact) mass is 360 g/mol. The van der Waals surface area contributed by atoms with Gasteiger partial charge in [0.15, 0.2) is 11.8 Å². The van der Waals surface area contributed by atoms with Crippen molar-refractivity contribution in [2.45, 2.75) is 13.0 Å². The highest BCUT2D eigenvalue weighted by molar-refractivity contribution is 6.31. The largest absolute Gasteiger partial charge is 0.480 e. The van der Waals surface area contributed by atoms with Crippen molar-refractivity contribution in [1.82, 2.24) is 0 Å². The molecule has 1 heterocycles. The first-order chi connectivity index (χ1) is 11.9. The second kappa shape index (κ2) is 6.64. The number of ketones is 1. The third-order valence-electron chi connectivity index (χ3n) is 4.02. The van der Waals surface area contributed by atoms with Gasteiger partial charge >= 0.3 is 5.97 Å². The topological polar surface area (TPSA) is 70.0 Å². The number of benzene rings is 2. The van der Waals surface area contributed by atoms with E-state index >= 15 is 0 Å². The molecule has 0 spiro atoms. The zero-order valence-corrected chi connectivity index (χ0v) is 14.0. The quantitative estimate of drug-likeness (QED) is 0.848. The van der Waals surface area contributed by atoms with Gasteiger partial charge in [0.1, 0.15) is 11.7 Å². The first-order valence-electron chi connectivity index (χ1n) is 7.52. The fraction of sp³-hybridized carbons (Fsp3) is 0.167. The van der Waals surface area contributed by atoms with Crippen molar-refractivity contribution in [3.63, 3.8) is 0 Å². The van der Waals surface area contributed by atoms with E-state index in [2.05, 4.69) is 4.99 Å². The number of carbonyl (C=O) groups excluding carboxylic acids is 1. The zero-order chi connectivity index (χ0) is 18.1. The molecule has 2 aromatic carbocycles. The molecule has 0 bridgehead atoms. The molecule has 0 radical (unpaired) electrons. The standard InChI is InChI=1S/C18H14ClFN2O3/c1-10-21-9-16(18(24)25)22(10)15-7-6-11(19)8-13(15)17(23)12-4-2-3-5-14(12)20/h2-8,16H,9H2,1H3,(H,24,25). The molecular formula is C18H14ClFN2O3. The highest BCUT2D eigenvalue weighted by atomic mass is 35.5. The minimum Gasteiger partial charge on any atom is -0.480 e. The second-order valence-electron chi connectivity index (χ2n) is 5.58. The molecule has 128 valence electrons. The maximum atomic E-state index is 14.0. The van der Waals surface area contributed by atoms with Crippen LogP contribution in [0.1, 0.15) is 22.8 Å². The van der Waals surface area contributed by atoms with Crippen LogP contribution >= 0.6 is 11.6 Å². The summed E-state index contributed by atoms with van der Waals surface area (Å²) in [6, 6.07) is 9.22. The minimum atomic E-state index is -1.06. The summed E-state index contributed by atoms with van der Waals surface area (Å²) in [6.45, 7) is 1.74. The number of anilines is 1. The molecular weight excluding hydrogens is 347 g/mol. The number of nitrogens with zero attached hydrogens (tertiary/aromatic N) is 2. The van der Waals surface area contributed by atoms with E-state index in [1.807, 2.05) is 0 Å². The summed E-state index contributed by atoms with van der Waals surface area (Å²) in [6.07, 6.45) is 0. The summed E-state index contributed by atoms with van der Waals surface area (Å²) in [5.41, 5.74) is 0.357. The number of halogens is 2. The Kier molecular flexibility index (Phi) is 4.55. The molecule has 1 unspecified atom stereocenters. The van der Waals surface area contributed by atoms with Gasteiger partial charge in [-0.2, -0.15) is 0 Å². The summed E-state index contributed by atoms with van der Waals surface area (Å²) in [5, 5.41) is 9.72. The van der Waals surface area contributed by atoms with Crippen molar-refractivity contribution < 1.29 is 19.1 Å². The molecule has 0 fully saturated rings. The van der Waals surface area contributed by atoms with E-state index in [0.717, 1.165) is 0 Å². The van der Waals surface area contributed by atoms with Gasteiger partial charge in [0.05, 0.1) is 17.8 Å². The third-order valence-corrected chi connectivity index (χ3v) is 4.25. The lowest BCUT2D eigenvalue weighted by atomic mass is 10.00. The van der Waals surface area contributed by atoms with Crippen molar-refractivity contribution in [2.75, 3.05) is 11.4 Å². The fourth-order valence-electron chi connectivity index (χ4n) is 2.82. The molecule has 5 nitrogen and oxygen atoms in total. The number of carboxylic acids is 1. The first kappa shape index (κ1) is 17.1.